The summed E-state index contributed by atoms with van der Waals surface area (Å²) in [6, 6.07) is 8.26. The molecule has 0 saturated carbocycles. The van der Waals surface area contributed by atoms with E-state index in [4.69, 9.17) is 4.52 Å². The molecule has 0 radical (unpaired) electrons. The normalized spacial score (nSPS) is 10.7. The molecule has 1 aromatic carbocycles. The molecule has 0 atom stereocenters. The summed E-state index contributed by atoms with van der Waals surface area (Å²) in [5.41, 5.74) is 2.19. The summed E-state index contributed by atoms with van der Waals surface area (Å²) in [4.78, 5) is 0. The largest absolute Gasteiger partial charge is 0.356 e. The molecule has 2 rings (SSSR count). The van der Waals surface area contributed by atoms with Gasteiger partial charge in [-0.05, 0) is 47.7 Å². The smallest absolute Gasteiger partial charge is 0.171 e. The summed E-state index contributed by atoms with van der Waals surface area (Å²) in [6.45, 7) is 3.97. The predicted octanol–water partition coefficient (Wildman–Crippen LogP) is 3.45. The zero-order valence-electron chi connectivity index (χ0n) is 9.74. The molecule has 2 aromatic rings. The second-order valence-electron chi connectivity index (χ2n) is 3.86. The quantitative estimate of drug-likeness (QED) is 0.668. The lowest BCUT2D eigenvalue weighted by Gasteiger charge is -2.03. The average Bonchev–Trinajstić information content (AvgIpc) is 2.79. The van der Waals surface area contributed by atoms with Crippen LogP contribution < -0.4 is 5.32 Å². The highest BCUT2D eigenvalue weighted by Crippen LogP contribution is 2.24. The van der Waals surface area contributed by atoms with Gasteiger partial charge in [0.15, 0.2) is 5.76 Å². The van der Waals surface area contributed by atoms with Crippen molar-refractivity contribution in [2.45, 2.75) is 19.9 Å². The van der Waals surface area contributed by atoms with Crippen molar-refractivity contribution in [3.8, 4) is 11.3 Å². The van der Waals surface area contributed by atoms with E-state index >= 15 is 0 Å². The Labute approximate surface area is 115 Å². The highest BCUT2D eigenvalue weighted by Gasteiger charge is 2.09. The molecule has 1 aromatic heterocycles. The van der Waals surface area contributed by atoms with Crippen LogP contribution in [0.1, 0.15) is 18.9 Å². The van der Waals surface area contributed by atoms with E-state index in [-0.39, 0.29) is 0 Å². The van der Waals surface area contributed by atoms with Crippen LogP contribution in [0.5, 0.6) is 0 Å². The molecular weight excluding hydrogens is 327 g/mol. The van der Waals surface area contributed by atoms with E-state index in [0.29, 0.717) is 0 Å². The van der Waals surface area contributed by atoms with Crippen LogP contribution in [0.4, 0.5) is 0 Å². The number of aromatic nitrogens is 1. The standard InChI is InChI=1S/C13H15IN2O/c1-2-7-15-8-11-9-16-17-13(11)10-3-5-12(14)6-4-10/h3-6,9,15H,2,7-8H2,1H3. The number of halogens is 1. The number of hydrogen-bond donors (Lipinski definition) is 1. The van der Waals surface area contributed by atoms with E-state index in [1.165, 1.54) is 3.57 Å². The maximum atomic E-state index is 5.33. The lowest BCUT2D eigenvalue weighted by Crippen LogP contribution is -2.13. The van der Waals surface area contributed by atoms with Gasteiger partial charge in [0.05, 0.1) is 6.20 Å². The zero-order valence-corrected chi connectivity index (χ0v) is 11.9. The first kappa shape index (κ1) is 12.6. The van der Waals surface area contributed by atoms with Crippen LogP contribution in [0.15, 0.2) is 35.0 Å². The van der Waals surface area contributed by atoms with Gasteiger partial charge >= 0.3 is 0 Å². The number of rotatable bonds is 5. The number of benzene rings is 1. The van der Waals surface area contributed by atoms with Crippen molar-refractivity contribution >= 4 is 22.6 Å². The van der Waals surface area contributed by atoms with Crippen LogP contribution in [0.2, 0.25) is 0 Å². The van der Waals surface area contributed by atoms with Gasteiger partial charge in [-0.3, -0.25) is 0 Å². The molecule has 0 aliphatic carbocycles. The molecule has 1 heterocycles. The van der Waals surface area contributed by atoms with Crippen LogP contribution >= 0.6 is 22.6 Å². The molecule has 0 saturated heterocycles. The third kappa shape index (κ3) is 3.29. The lowest BCUT2D eigenvalue weighted by molar-refractivity contribution is 0.431. The van der Waals surface area contributed by atoms with E-state index in [1.54, 1.807) is 6.20 Å². The Kier molecular flexibility index (Phi) is 4.56. The topological polar surface area (TPSA) is 38.1 Å². The predicted molar refractivity (Wildman–Crippen MR) is 76.7 cm³/mol. The van der Waals surface area contributed by atoms with E-state index in [0.717, 1.165) is 36.4 Å². The van der Waals surface area contributed by atoms with E-state index in [2.05, 4.69) is 64.3 Å². The van der Waals surface area contributed by atoms with Gasteiger partial charge in [-0.25, -0.2) is 0 Å². The van der Waals surface area contributed by atoms with Gasteiger partial charge in [0.25, 0.3) is 0 Å². The highest BCUT2D eigenvalue weighted by atomic mass is 127. The van der Waals surface area contributed by atoms with Crippen molar-refractivity contribution in [2.75, 3.05) is 6.54 Å². The van der Waals surface area contributed by atoms with Crippen molar-refractivity contribution in [3.63, 3.8) is 0 Å². The second-order valence-corrected chi connectivity index (χ2v) is 5.11. The third-order valence-electron chi connectivity index (χ3n) is 2.49. The Hall–Kier alpha value is -0.880. The molecule has 0 aliphatic rings. The Morgan fingerprint density at radius 2 is 2.06 bits per heavy atom. The lowest BCUT2D eigenvalue weighted by atomic mass is 10.1. The molecule has 0 aliphatic heterocycles. The molecule has 0 fully saturated rings. The summed E-state index contributed by atoms with van der Waals surface area (Å²) in [5.74, 6) is 0.866. The molecule has 3 nitrogen and oxygen atoms in total. The summed E-state index contributed by atoms with van der Waals surface area (Å²) in [5, 5.41) is 7.24. The van der Waals surface area contributed by atoms with Crippen molar-refractivity contribution in [2.24, 2.45) is 0 Å². The minimum absolute atomic E-state index is 0.804. The maximum absolute atomic E-state index is 5.33. The first-order chi connectivity index (χ1) is 8.31. The van der Waals surface area contributed by atoms with Gasteiger partial charge in [-0.1, -0.05) is 24.2 Å². The first-order valence-electron chi connectivity index (χ1n) is 5.71. The van der Waals surface area contributed by atoms with Gasteiger partial charge < -0.3 is 9.84 Å². The third-order valence-corrected chi connectivity index (χ3v) is 3.21. The molecule has 0 bridgehead atoms. The van der Waals surface area contributed by atoms with Gasteiger partial charge in [-0.15, -0.1) is 0 Å². The molecule has 0 spiro atoms. The number of hydrogen-bond acceptors (Lipinski definition) is 3. The number of nitrogens with one attached hydrogen (secondary N) is 1. The Morgan fingerprint density at radius 1 is 1.29 bits per heavy atom. The Morgan fingerprint density at radius 3 is 2.76 bits per heavy atom. The van der Waals surface area contributed by atoms with Crippen LogP contribution in [-0.2, 0) is 6.54 Å². The maximum Gasteiger partial charge on any atom is 0.171 e. The molecule has 0 amide bonds. The zero-order chi connectivity index (χ0) is 12.1. The Balaban J connectivity index is 2.15. The number of nitrogens with zero attached hydrogens (tertiary/aromatic N) is 1. The molecule has 1 N–H and O–H groups in total. The molecule has 90 valence electrons. The van der Waals surface area contributed by atoms with Crippen molar-refractivity contribution in [1.82, 2.24) is 10.5 Å². The molecule has 17 heavy (non-hydrogen) atoms. The minimum atomic E-state index is 0.804. The fraction of sp³-hybridized carbons (Fsp3) is 0.308. The fourth-order valence-electron chi connectivity index (χ4n) is 1.63. The molecular formula is C13H15IN2O. The van der Waals surface area contributed by atoms with Gasteiger partial charge in [-0.2, -0.15) is 0 Å². The van der Waals surface area contributed by atoms with Gasteiger partial charge in [0.2, 0.25) is 0 Å². The highest BCUT2D eigenvalue weighted by molar-refractivity contribution is 14.1. The summed E-state index contributed by atoms with van der Waals surface area (Å²) in [7, 11) is 0. The van der Waals surface area contributed by atoms with Crippen LogP contribution in [0.25, 0.3) is 11.3 Å². The fourth-order valence-corrected chi connectivity index (χ4v) is 1.98. The average molecular weight is 342 g/mol. The minimum Gasteiger partial charge on any atom is -0.356 e. The molecule has 4 heteroatoms. The summed E-state index contributed by atoms with van der Waals surface area (Å²) >= 11 is 2.29. The van der Waals surface area contributed by atoms with E-state index in [1.807, 2.05) is 0 Å². The second kappa shape index (κ2) is 6.16. The first-order valence-corrected chi connectivity index (χ1v) is 6.79. The monoisotopic (exact) mass is 342 g/mol. The summed E-state index contributed by atoms with van der Waals surface area (Å²) < 4.78 is 6.55. The van der Waals surface area contributed by atoms with Crippen molar-refractivity contribution in [1.29, 1.82) is 0 Å². The van der Waals surface area contributed by atoms with Crippen LogP contribution in [0.3, 0.4) is 0 Å². The van der Waals surface area contributed by atoms with Gasteiger partial charge in [0.1, 0.15) is 0 Å². The molecule has 0 unspecified atom stereocenters. The van der Waals surface area contributed by atoms with Crippen molar-refractivity contribution in [3.05, 3.63) is 39.6 Å². The van der Waals surface area contributed by atoms with Crippen LogP contribution in [0, 0.1) is 3.57 Å². The Bertz CT molecular complexity index is 465. The van der Waals surface area contributed by atoms with Gasteiger partial charge in [0, 0.05) is 21.2 Å². The van der Waals surface area contributed by atoms with Crippen LogP contribution in [-0.4, -0.2) is 11.7 Å². The van der Waals surface area contributed by atoms with E-state index in [9.17, 15) is 0 Å². The van der Waals surface area contributed by atoms with Crippen molar-refractivity contribution < 1.29 is 4.52 Å². The SMILES string of the molecule is CCCNCc1cnoc1-c1ccc(I)cc1. The summed E-state index contributed by atoms with van der Waals surface area (Å²) in [6.07, 6.45) is 2.92. The van der Waals surface area contributed by atoms with E-state index < -0.39 is 0 Å².